The van der Waals surface area contributed by atoms with Gasteiger partial charge in [0.2, 0.25) is 0 Å². The highest BCUT2D eigenvalue weighted by Gasteiger charge is 2.23. The standard InChI is InChI=1S/C13H22N4/c1-3-5-11-12(14-8-4-2)15-9-16-13(11)17-10-6-7-10/h9-10H,3-8H2,1-2H3,(H2,14,15,16,17). The minimum Gasteiger partial charge on any atom is -0.370 e. The molecule has 0 aromatic carbocycles. The zero-order valence-electron chi connectivity index (χ0n) is 10.8. The van der Waals surface area contributed by atoms with E-state index >= 15 is 0 Å². The van der Waals surface area contributed by atoms with Gasteiger partial charge in [0.1, 0.15) is 18.0 Å². The van der Waals surface area contributed by atoms with Crippen molar-refractivity contribution in [2.24, 2.45) is 0 Å². The van der Waals surface area contributed by atoms with Gasteiger partial charge in [-0.3, -0.25) is 0 Å². The molecule has 0 saturated heterocycles. The highest BCUT2D eigenvalue weighted by Crippen LogP contribution is 2.28. The average molecular weight is 234 g/mol. The SMILES string of the molecule is CCCNc1ncnc(NC2CC2)c1CCC. The van der Waals surface area contributed by atoms with Crippen molar-refractivity contribution in [1.82, 2.24) is 9.97 Å². The van der Waals surface area contributed by atoms with E-state index in [0.29, 0.717) is 6.04 Å². The van der Waals surface area contributed by atoms with E-state index in [9.17, 15) is 0 Å². The molecule has 1 aliphatic carbocycles. The van der Waals surface area contributed by atoms with Gasteiger partial charge in [0.05, 0.1) is 0 Å². The maximum absolute atomic E-state index is 4.38. The predicted molar refractivity (Wildman–Crippen MR) is 71.5 cm³/mol. The molecule has 17 heavy (non-hydrogen) atoms. The molecular formula is C13H22N4. The molecule has 94 valence electrons. The maximum atomic E-state index is 4.38. The number of rotatable bonds is 7. The van der Waals surface area contributed by atoms with Crippen LogP contribution in [0.25, 0.3) is 0 Å². The molecule has 1 saturated carbocycles. The molecule has 0 radical (unpaired) electrons. The summed E-state index contributed by atoms with van der Waals surface area (Å²) < 4.78 is 0. The summed E-state index contributed by atoms with van der Waals surface area (Å²) in [6.45, 7) is 5.32. The van der Waals surface area contributed by atoms with Gasteiger partial charge in [0, 0.05) is 18.2 Å². The third kappa shape index (κ3) is 3.32. The molecule has 1 heterocycles. The predicted octanol–water partition coefficient (Wildman–Crippen LogP) is 2.83. The summed E-state index contributed by atoms with van der Waals surface area (Å²) in [6.07, 6.45) is 7.46. The molecule has 1 aliphatic rings. The smallest absolute Gasteiger partial charge is 0.134 e. The van der Waals surface area contributed by atoms with Gasteiger partial charge in [-0.2, -0.15) is 0 Å². The summed E-state index contributed by atoms with van der Waals surface area (Å²) >= 11 is 0. The van der Waals surface area contributed by atoms with Crippen LogP contribution in [0.15, 0.2) is 6.33 Å². The van der Waals surface area contributed by atoms with E-state index in [0.717, 1.165) is 37.4 Å². The Morgan fingerprint density at radius 1 is 1.18 bits per heavy atom. The van der Waals surface area contributed by atoms with Crippen LogP contribution >= 0.6 is 0 Å². The molecule has 2 N–H and O–H groups in total. The number of anilines is 2. The van der Waals surface area contributed by atoms with Gasteiger partial charge in [0.25, 0.3) is 0 Å². The van der Waals surface area contributed by atoms with Gasteiger partial charge < -0.3 is 10.6 Å². The lowest BCUT2D eigenvalue weighted by Crippen LogP contribution is -2.11. The fourth-order valence-electron chi connectivity index (χ4n) is 1.84. The molecule has 4 heteroatoms. The molecule has 0 amide bonds. The first kappa shape index (κ1) is 12.1. The second-order valence-corrected chi connectivity index (χ2v) is 4.64. The quantitative estimate of drug-likeness (QED) is 0.761. The second kappa shape index (κ2) is 5.84. The topological polar surface area (TPSA) is 49.8 Å². The average Bonchev–Trinajstić information content (AvgIpc) is 3.14. The Morgan fingerprint density at radius 3 is 2.59 bits per heavy atom. The van der Waals surface area contributed by atoms with Crippen molar-refractivity contribution in [2.45, 2.75) is 52.0 Å². The van der Waals surface area contributed by atoms with Crippen LogP contribution in [-0.4, -0.2) is 22.6 Å². The van der Waals surface area contributed by atoms with Gasteiger partial charge in [-0.05, 0) is 25.7 Å². The van der Waals surface area contributed by atoms with Crippen molar-refractivity contribution in [1.29, 1.82) is 0 Å². The van der Waals surface area contributed by atoms with Crippen molar-refractivity contribution in [3.8, 4) is 0 Å². The van der Waals surface area contributed by atoms with E-state index in [1.54, 1.807) is 6.33 Å². The first-order chi connectivity index (χ1) is 8.35. The molecule has 4 nitrogen and oxygen atoms in total. The van der Waals surface area contributed by atoms with E-state index in [1.807, 2.05) is 0 Å². The highest BCUT2D eigenvalue weighted by molar-refractivity contribution is 5.58. The van der Waals surface area contributed by atoms with E-state index in [2.05, 4.69) is 34.4 Å². The number of nitrogens with one attached hydrogen (secondary N) is 2. The summed E-state index contributed by atoms with van der Waals surface area (Å²) in [5.74, 6) is 2.04. The molecule has 0 unspecified atom stereocenters. The number of hydrogen-bond acceptors (Lipinski definition) is 4. The summed E-state index contributed by atoms with van der Waals surface area (Å²) in [5, 5.41) is 6.89. The lowest BCUT2D eigenvalue weighted by molar-refractivity contribution is 0.886. The normalized spacial score (nSPS) is 14.7. The van der Waals surface area contributed by atoms with Crippen molar-refractivity contribution in [3.63, 3.8) is 0 Å². The van der Waals surface area contributed by atoms with Gasteiger partial charge in [-0.1, -0.05) is 20.3 Å². The summed E-state index contributed by atoms with van der Waals surface area (Å²) in [7, 11) is 0. The minimum absolute atomic E-state index is 0.638. The van der Waals surface area contributed by atoms with E-state index in [-0.39, 0.29) is 0 Å². The minimum atomic E-state index is 0.638. The van der Waals surface area contributed by atoms with Crippen LogP contribution in [-0.2, 0) is 6.42 Å². The number of hydrogen-bond donors (Lipinski definition) is 2. The molecule has 1 fully saturated rings. The van der Waals surface area contributed by atoms with Crippen LogP contribution in [0.4, 0.5) is 11.6 Å². The molecule has 0 aliphatic heterocycles. The van der Waals surface area contributed by atoms with Crippen molar-refractivity contribution in [2.75, 3.05) is 17.2 Å². The maximum Gasteiger partial charge on any atom is 0.134 e. The molecule has 0 atom stereocenters. The fraction of sp³-hybridized carbons (Fsp3) is 0.692. The molecule has 2 rings (SSSR count). The third-order valence-electron chi connectivity index (χ3n) is 2.91. The van der Waals surface area contributed by atoms with Gasteiger partial charge in [-0.15, -0.1) is 0 Å². The Hall–Kier alpha value is -1.32. The summed E-state index contributed by atoms with van der Waals surface area (Å²) in [6, 6.07) is 0.638. The van der Waals surface area contributed by atoms with Gasteiger partial charge in [-0.25, -0.2) is 9.97 Å². The lowest BCUT2D eigenvalue weighted by atomic mass is 10.1. The molecule has 0 spiro atoms. The molecule has 0 bridgehead atoms. The zero-order valence-corrected chi connectivity index (χ0v) is 10.8. The van der Waals surface area contributed by atoms with E-state index in [1.165, 1.54) is 18.4 Å². The first-order valence-electron chi connectivity index (χ1n) is 6.69. The fourth-order valence-corrected chi connectivity index (χ4v) is 1.84. The summed E-state index contributed by atoms with van der Waals surface area (Å²) in [5.41, 5.74) is 1.25. The Bertz CT molecular complexity index is 360. The van der Waals surface area contributed by atoms with Crippen LogP contribution < -0.4 is 10.6 Å². The Morgan fingerprint density at radius 2 is 1.94 bits per heavy atom. The Balaban J connectivity index is 2.16. The zero-order chi connectivity index (χ0) is 12.1. The number of nitrogens with zero attached hydrogens (tertiary/aromatic N) is 2. The molecule has 1 aromatic rings. The lowest BCUT2D eigenvalue weighted by Gasteiger charge is -2.14. The molecular weight excluding hydrogens is 212 g/mol. The highest BCUT2D eigenvalue weighted by atomic mass is 15.1. The van der Waals surface area contributed by atoms with Crippen LogP contribution in [0, 0.1) is 0 Å². The second-order valence-electron chi connectivity index (χ2n) is 4.64. The molecule has 1 aromatic heterocycles. The van der Waals surface area contributed by atoms with Crippen molar-refractivity contribution in [3.05, 3.63) is 11.9 Å². The largest absolute Gasteiger partial charge is 0.370 e. The Labute approximate surface area is 103 Å². The van der Waals surface area contributed by atoms with Crippen LogP contribution in [0.2, 0.25) is 0 Å². The number of aromatic nitrogens is 2. The van der Waals surface area contributed by atoms with Gasteiger partial charge >= 0.3 is 0 Å². The Kier molecular flexibility index (Phi) is 4.18. The van der Waals surface area contributed by atoms with Crippen molar-refractivity contribution < 1.29 is 0 Å². The monoisotopic (exact) mass is 234 g/mol. The van der Waals surface area contributed by atoms with Crippen LogP contribution in [0.1, 0.15) is 45.1 Å². The first-order valence-corrected chi connectivity index (χ1v) is 6.69. The van der Waals surface area contributed by atoms with Crippen LogP contribution in [0.3, 0.4) is 0 Å². The summed E-state index contributed by atoms with van der Waals surface area (Å²) in [4.78, 5) is 8.74. The van der Waals surface area contributed by atoms with Crippen LogP contribution in [0.5, 0.6) is 0 Å². The third-order valence-corrected chi connectivity index (χ3v) is 2.91. The van der Waals surface area contributed by atoms with E-state index in [4.69, 9.17) is 0 Å². The van der Waals surface area contributed by atoms with Gasteiger partial charge in [0.15, 0.2) is 0 Å². The van der Waals surface area contributed by atoms with Crippen molar-refractivity contribution >= 4 is 11.6 Å². The van der Waals surface area contributed by atoms with E-state index < -0.39 is 0 Å².